The van der Waals surface area contributed by atoms with Crippen LogP contribution in [0.15, 0.2) is 0 Å². The van der Waals surface area contributed by atoms with Gasteiger partial charge in [-0.2, -0.15) is 0 Å². The predicted octanol–water partition coefficient (Wildman–Crippen LogP) is 0.719. The van der Waals surface area contributed by atoms with Crippen molar-refractivity contribution in [2.24, 2.45) is 0 Å². The number of carbonyl (C=O) groups is 1. The zero-order valence-electron chi connectivity index (χ0n) is 7.92. The van der Waals surface area contributed by atoms with Gasteiger partial charge in [0.05, 0.1) is 6.10 Å². The summed E-state index contributed by atoms with van der Waals surface area (Å²) in [6, 6.07) is 0. The number of ether oxygens (including phenoxy) is 1. The third-order valence-corrected chi connectivity index (χ3v) is 2.17. The van der Waals surface area contributed by atoms with Gasteiger partial charge in [-0.05, 0) is 20.4 Å². The molecule has 4 nitrogen and oxygen atoms in total. The predicted molar refractivity (Wildman–Crippen MR) is 45.8 cm³/mol. The van der Waals surface area contributed by atoms with Crippen LogP contribution in [0.4, 0.5) is 0 Å². The van der Waals surface area contributed by atoms with E-state index in [-0.39, 0.29) is 18.7 Å². The van der Waals surface area contributed by atoms with Gasteiger partial charge in [-0.15, -0.1) is 0 Å². The van der Waals surface area contributed by atoms with Gasteiger partial charge in [-0.3, -0.25) is 4.79 Å². The first-order valence-corrected chi connectivity index (χ1v) is 5.57. The first kappa shape index (κ1) is 11.6. The van der Waals surface area contributed by atoms with Crippen LogP contribution in [0.5, 0.6) is 0 Å². The summed E-state index contributed by atoms with van der Waals surface area (Å²) in [5, 5.41) is 0. The molecule has 0 rings (SSSR count). The minimum Gasteiger partial charge on any atom is -0.490 e. The Morgan fingerprint density at radius 3 is 2.50 bits per heavy atom. The number of hydrogen-bond donors (Lipinski definition) is 0. The zero-order valence-corrected chi connectivity index (χ0v) is 8.92. The molecular weight excluding hydrogens is 176 g/mol. The van der Waals surface area contributed by atoms with E-state index in [0.29, 0.717) is 0 Å². The fourth-order valence-electron chi connectivity index (χ4n) is 0.466. The van der Waals surface area contributed by atoms with Crippen LogP contribution in [0.25, 0.3) is 0 Å². The van der Waals surface area contributed by atoms with Crippen LogP contribution < -0.4 is 0 Å². The third kappa shape index (κ3) is 6.33. The summed E-state index contributed by atoms with van der Waals surface area (Å²) < 4.78 is 14.7. The van der Waals surface area contributed by atoms with Crippen molar-refractivity contribution in [2.45, 2.75) is 26.5 Å². The van der Waals surface area contributed by atoms with Gasteiger partial charge in [0.15, 0.2) is 0 Å². The van der Waals surface area contributed by atoms with E-state index in [9.17, 15) is 4.79 Å². The molecule has 1 radical (unpaired) electrons. The molecule has 0 unspecified atom stereocenters. The van der Waals surface area contributed by atoms with Gasteiger partial charge in [-0.25, -0.2) is 0 Å². The number of rotatable bonds is 5. The van der Waals surface area contributed by atoms with E-state index >= 15 is 0 Å². The van der Waals surface area contributed by atoms with Gasteiger partial charge in [0.2, 0.25) is 0 Å². The lowest BCUT2D eigenvalue weighted by Crippen LogP contribution is -2.25. The normalized spacial score (nSPS) is 10.8. The van der Waals surface area contributed by atoms with Crippen molar-refractivity contribution in [2.75, 3.05) is 13.7 Å². The third-order valence-electron chi connectivity index (χ3n) is 1.08. The summed E-state index contributed by atoms with van der Waals surface area (Å²) >= 11 is 0. The molecule has 0 atom stereocenters. The molecule has 0 bridgehead atoms. The summed E-state index contributed by atoms with van der Waals surface area (Å²) in [4.78, 5) is 10.9. The summed E-state index contributed by atoms with van der Waals surface area (Å²) in [6.07, 6.45) is 0.0487. The van der Waals surface area contributed by atoms with E-state index in [1.165, 1.54) is 7.11 Å². The highest BCUT2D eigenvalue weighted by Crippen LogP contribution is 1.91. The molecular formula is C7H15O4Si. The fraction of sp³-hybridized carbons (Fsp3) is 0.857. The molecule has 0 N–H and O–H groups in total. The van der Waals surface area contributed by atoms with E-state index in [0.717, 1.165) is 0 Å². The van der Waals surface area contributed by atoms with E-state index in [1.807, 2.05) is 13.8 Å². The minimum atomic E-state index is -1.40. The number of carbonyl (C=O) groups excluding carboxylic acids is 1. The highest BCUT2D eigenvalue weighted by Gasteiger charge is 2.12. The molecule has 0 fully saturated rings. The molecule has 12 heavy (non-hydrogen) atoms. The summed E-state index contributed by atoms with van der Waals surface area (Å²) in [7, 11) is 0.114. The molecule has 0 aromatic heterocycles. The Kier molecular flexibility index (Phi) is 5.96. The summed E-state index contributed by atoms with van der Waals surface area (Å²) in [5.74, 6) is -0.359. The van der Waals surface area contributed by atoms with Crippen molar-refractivity contribution >= 4 is 15.3 Å². The van der Waals surface area contributed by atoms with Crippen molar-refractivity contribution in [1.82, 2.24) is 0 Å². The maximum atomic E-state index is 10.9. The maximum absolute atomic E-state index is 10.9. The van der Waals surface area contributed by atoms with Crippen LogP contribution in [0.1, 0.15) is 13.8 Å². The molecule has 0 saturated carbocycles. The average Bonchev–Trinajstić information content (AvgIpc) is 2.00. The highest BCUT2D eigenvalue weighted by atomic mass is 28.3. The Bertz CT molecular complexity index is 137. The van der Waals surface area contributed by atoms with Crippen molar-refractivity contribution in [3.05, 3.63) is 0 Å². The van der Waals surface area contributed by atoms with Gasteiger partial charge < -0.3 is 13.6 Å². The van der Waals surface area contributed by atoms with Crippen molar-refractivity contribution in [3.63, 3.8) is 0 Å². The van der Waals surface area contributed by atoms with Crippen LogP contribution in [-0.4, -0.2) is 35.1 Å². The van der Waals surface area contributed by atoms with Crippen LogP contribution in [0.3, 0.4) is 0 Å². The molecule has 0 aliphatic carbocycles. The topological polar surface area (TPSA) is 44.8 Å². The molecule has 0 amide bonds. The fourth-order valence-corrected chi connectivity index (χ4v) is 0.929. The molecule has 0 aromatic rings. The zero-order chi connectivity index (χ0) is 9.56. The Morgan fingerprint density at radius 1 is 1.50 bits per heavy atom. The van der Waals surface area contributed by atoms with Crippen LogP contribution in [-0.2, 0) is 18.4 Å². The van der Waals surface area contributed by atoms with E-state index in [4.69, 9.17) is 13.6 Å². The second-order valence-electron chi connectivity index (χ2n) is 2.53. The Morgan fingerprint density at radius 2 is 2.08 bits per heavy atom. The molecule has 5 heteroatoms. The van der Waals surface area contributed by atoms with E-state index < -0.39 is 9.28 Å². The van der Waals surface area contributed by atoms with Gasteiger partial charge in [0, 0.05) is 7.11 Å². The summed E-state index contributed by atoms with van der Waals surface area (Å²) in [6.45, 7) is 5.48. The lowest BCUT2D eigenvalue weighted by Gasteiger charge is -2.09. The molecule has 0 aliphatic heterocycles. The van der Waals surface area contributed by atoms with Crippen molar-refractivity contribution < 1.29 is 18.4 Å². The monoisotopic (exact) mass is 191 g/mol. The molecule has 0 saturated heterocycles. The first-order chi connectivity index (χ1) is 5.56. The van der Waals surface area contributed by atoms with Gasteiger partial charge in [0.1, 0.15) is 6.61 Å². The first-order valence-electron chi connectivity index (χ1n) is 3.76. The molecule has 0 aliphatic rings. The lowest BCUT2D eigenvalue weighted by atomic mass is 10.5. The SMILES string of the molecule is CO[Si](C)OC(=O)COC(C)C. The molecule has 0 spiro atoms. The second kappa shape index (κ2) is 6.16. The Balaban J connectivity index is 3.46. The van der Waals surface area contributed by atoms with E-state index in [1.54, 1.807) is 6.55 Å². The average molecular weight is 191 g/mol. The number of hydrogen-bond acceptors (Lipinski definition) is 4. The largest absolute Gasteiger partial charge is 0.490 e. The van der Waals surface area contributed by atoms with Gasteiger partial charge in [0.25, 0.3) is 0 Å². The highest BCUT2D eigenvalue weighted by molar-refractivity contribution is 6.44. The molecule has 71 valence electrons. The quantitative estimate of drug-likeness (QED) is 0.601. The Hall–Kier alpha value is -0.393. The van der Waals surface area contributed by atoms with E-state index in [2.05, 4.69) is 0 Å². The maximum Gasteiger partial charge on any atom is 0.456 e. The van der Waals surface area contributed by atoms with Crippen molar-refractivity contribution in [1.29, 1.82) is 0 Å². The smallest absolute Gasteiger partial charge is 0.456 e. The van der Waals surface area contributed by atoms with Crippen molar-refractivity contribution in [3.8, 4) is 0 Å². The lowest BCUT2D eigenvalue weighted by molar-refractivity contribution is -0.142. The standard InChI is InChI=1S/C7H15O4Si/c1-6(2)10-5-7(8)11-12(4)9-3/h6H,5H2,1-4H3. The van der Waals surface area contributed by atoms with Crippen LogP contribution in [0.2, 0.25) is 6.55 Å². The van der Waals surface area contributed by atoms with Gasteiger partial charge >= 0.3 is 15.3 Å². The Labute approximate surface area is 74.7 Å². The second-order valence-corrected chi connectivity index (χ2v) is 4.13. The van der Waals surface area contributed by atoms with Gasteiger partial charge in [-0.1, -0.05) is 0 Å². The minimum absolute atomic E-state index is 0.00301. The molecule has 0 aromatic carbocycles. The van der Waals surface area contributed by atoms with Crippen LogP contribution in [0, 0.1) is 0 Å². The summed E-state index contributed by atoms with van der Waals surface area (Å²) in [5.41, 5.74) is 0. The molecule has 0 heterocycles. The van der Waals surface area contributed by atoms with Crippen LogP contribution >= 0.6 is 0 Å².